The van der Waals surface area contributed by atoms with Crippen LogP contribution in [0, 0.1) is 5.92 Å². The molecule has 1 aliphatic heterocycles. The highest BCUT2D eigenvalue weighted by Gasteiger charge is 2.42. The first-order valence-electron chi connectivity index (χ1n) is 4.84. The highest BCUT2D eigenvalue weighted by molar-refractivity contribution is 7.10. The quantitative estimate of drug-likeness (QED) is 0.803. The Labute approximate surface area is 86.1 Å². The molecule has 1 aromatic rings. The summed E-state index contributed by atoms with van der Waals surface area (Å²) < 4.78 is 27.7. The van der Waals surface area contributed by atoms with Crippen molar-refractivity contribution < 1.29 is 8.78 Å². The summed E-state index contributed by atoms with van der Waals surface area (Å²) in [6, 6.07) is 3.21. The van der Waals surface area contributed by atoms with E-state index in [1.165, 1.54) is 6.07 Å². The molecule has 1 atom stereocenters. The van der Waals surface area contributed by atoms with Gasteiger partial charge in [0.15, 0.2) is 0 Å². The number of hydrogen-bond donors (Lipinski definition) is 1. The largest absolute Gasteiger partial charge is 0.316 e. The molecular formula is C10H13F2NS. The Morgan fingerprint density at radius 1 is 1.50 bits per heavy atom. The average Bonchev–Trinajstić information content (AvgIpc) is 2.72. The van der Waals surface area contributed by atoms with Crippen LogP contribution in [-0.2, 0) is 5.92 Å². The van der Waals surface area contributed by atoms with Crippen LogP contribution in [0.3, 0.4) is 0 Å². The maximum atomic E-state index is 13.8. The van der Waals surface area contributed by atoms with Gasteiger partial charge < -0.3 is 5.32 Å². The van der Waals surface area contributed by atoms with E-state index >= 15 is 0 Å². The van der Waals surface area contributed by atoms with Gasteiger partial charge in [0.05, 0.1) is 4.88 Å². The van der Waals surface area contributed by atoms with Gasteiger partial charge in [-0.1, -0.05) is 6.07 Å². The van der Waals surface area contributed by atoms with Gasteiger partial charge in [-0.3, -0.25) is 0 Å². The highest BCUT2D eigenvalue weighted by atomic mass is 32.1. The van der Waals surface area contributed by atoms with Gasteiger partial charge in [-0.25, -0.2) is 8.78 Å². The maximum Gasteiger partial charge on any atom is 0.286 e. The van der Waals surface area contributed by atoms with E-state index in [9.17, 15) is 8.78 Å². The fraction of sp³-hybridized carbons (Fsp3) is 0.600. The molecule has 1 saturated heterocycles. The van der Waals surface area contributed by atoms with Crippen LogP contribution in [0.15, 0.2) is 17.5 Å². The summed E-state index contributed by atoms with van der Waals surface area (Å²) in [5.41, 5.74) is 0. The molecule has 78 valence electrons. The molecular weight excluding hydrogens is 204 g/mol. The van der Waals surface area contributed by atoms with Crippen molar-refractivity contribution in [2.45, 2.75) is 18.8 Å². The first kappa shape index (κ1) is 10.1. The van der Waals surface area contributed by atoms with Crippen LogP contribution in [0.4, 0.5) is 8.78 Å². The van der Waals surface area contributed by atoms with E-state index in [0.717, 1.165) is 24.3 Å². The number of alkyl halides is 2. The zero-order chi connectivity index (χ0) is 10.0. The SMILES string of the molecule is FC(F)(c1cccs1)C1CCCNC1. The van der Waals surface area contributed by atoms with Crippen LogP contribution in [0.5, 0.6) is 0 Å². The summed E-state index contributed by atoms with van der Waals surface area (Å²) in [5, 5.41) is 4.74. The number of rotatable bonds is 2. The minimum absolute atomic E-state index is 0.200. The predicted molar refractivity (Wildman–Crippen MR) is 53.8 cm³/mol. The molecule has 1 aliphatic rings. The average molecular weight is 217 g/mol. The summed E-state index contributed by atoms with van der Waals surface area (Å²) in [6.45, 7) is 1.31. The second-order valence-corrected chi connectivity index (χ2v) is 4.59. The van der Waals surface area contributed by atoms with E-state index < -0.39 is 11.8 Å². The molecule has 1 fully saturated rings. The van der Waals surface area contributed by atoms with Crippen molar-refractivity contribution in [2.75, 3.05) is 13.1 Å². The lowest BCUT2D eigenvalue weighted by molar-refractivity contribution is -0.0691. The van der Waals surface area contributed by atoms with Gasteiger partial charge in [-0.15, -0.1) is 11.3 Å². The summed E-state index contributed by atoms with van der Waals surface area (Å²) in [7, 11) is 0. The summed E-state index contributed by atoms with van der Waals surface area (Å²) in [6.07, 6.45) is 1.48. The lowest BCUT2D eigenvalue weighted by atomic mass is 9.92. The molecule has 1 unspecified atom stereocenters. The number of halogens is 2. The van der Waals surface area contributed by atoms with Crippen LogP contribution in [0.25, 0.3) is 0 Å². The van der Waals surface area contributed by atoms with E-state index in [-0.39, 0.29) is 4.88 Å². The van der Waals surface area contributed by atoms with Crippen molar-refractivity contribution in [3.05, 3.63) is 22.4 Å². The third-order valence-electron chi connectivity index (χ3n) is 2.66. The molecule has 4 heteroatoms. The van der Waals surface area contributed by atoms with Crippen molar-refractivity contribution in [3.63, 3.8) is 0 Å². The maximum absolute atomic E-state index is 13.8. The van der Waals surface area contributed by atoms with Crippen LogP contribution >= 0.6 is 11.3 Å². The molecule has 14 heavy (non-hydrogen) atoms. The summed E-state index contributed by atoms with van der Waals surface area (Å²) in [5.74, 6) is -3.18. The molecule has 0 aliphatic carbocycles. The fourth-order valence-corrected chi connectivity index (χ4v) is 2.62. The third-order valence-corrected chi connectivity index (χ3v) is 3.61. The molecule has 0 spiro atoms. The van der Waals surface area contributed by atoms with Crippen LogP contribution in [0.1, 0.15) is 17.7 Å². The first-order chi connectivity index (χ1) is 6.71. The number of nitrogens with one attached hydrogen (secondary N) is 1. The monoisotopic (exact) mass is 217 g/mol. The Morgan fingerprint density at radius 2 is 2.36 bits per heavy atom. The lowest BCUT2D eigenvalue weighted by Crippen LogP contribution is -2.38. The van der Waals surface area contributed by atoms with Gasteiger partial charge in [-0.2, -0.15) is 0 Å². The van der Waals surface area contributed by atoms with Crippen molar-refractivity contribution >= 4 is 11.3 Å². The predicted octanol–water partition coefficient (Wildman–Crippen LogP) is 2.84. The number of thiophene rings is 1. The second-order valence-electron chi connectivity index (χ2n) is 3.64. The van der Waals surface area contributed by atoms with Crippen LogP contribution < -0.4 is 5.32 Å². The van der Waals surface area contributed by atoms with Gasteiger partial charge in [0.2, 0.25) is 0 Å². The van der Waals surface area contributed by atoms with Crippen LogP contribution in [0.2, 0.25) is 0 Å². The van der Waals surface area contributed by atoms with Gasteiger partial charge in [0.1, 0.15) is 0 Å². The van der Waals surface area contributed by atoms with Crippen molar-refractivity contribution in [1.29, 1.82) is 0 Å². The minimum atomic E-state index is -2.65. The zero-order valence-electron chi connectivity index (χ0n) is 7.80. The molecule has 0 aromatic carbocycles. The molecule has 2 rings (SSSR count). The zero-order valence-corrected chi connectivity index (χ0v) is 8.62. The van der Waals surface area contributed by atoms with E-state index in [4.69, 9.17) is 0 Å². The standard InChI is InChI=1S/C10H13F2NS/c11-10(12,9-4-2-6-14-9)8-3-1-5-13-7-8/h2,4,6,8,13H,1,3,5,7H2. The highest BCUT2D eigenvalue weighted by Crippen LogP contribution is 2.41. The van der Waals surface area contributed by atoms with Gasteiger partial charge in [-0.05, 0) is 30.8 Å². The third kappa shape index (κ3) is 1.81. The number of piperidine rings is 1. The Bertz CT molecular complexity index is 278. The Kier molecular flexibility index (Phi) is 2.83. The Balaban J connectivity index is 2.14. The van der Waals surface area contributed by atoms with Gasteiger partial charge in [0, 0.05) is 12.5 Å². The minimum Gasteiger partial charge on any atom is -0.316 e. The molecule has 1 nitrogen and oxygen atoms in total. The van der Waals surface area contributed by atoms with Crippen molar-refractivity contribution in [3.8, 4) is 0 Å². The first-order valence-corrected chi connectivity index (χ1v) is 5.72. The molecule has 0 bridgehead atoms. The van der Waals surface area contributed by atoms with E-state index in [1.54, 1.807) is 11.4 Å². The van der Waals surface area contributed by atoms with Crippen molar-refractivity contribution in [1.82, 2.24) is 5.32 Å². The van der Waals surface area contributed by atoms with E-state index in [1.807, 2.05) is 0 Å². The van der Waals surface area contributed by atoms with Gasteiger partial charge >= 0.3 is 0 Å². The molecule has 2 heterocycles. The number of hydrogen-bond acceptors (Lipinski definition) is 2. The van der Waals surface area contributed by atoms with Gasteiger partial charge in [0.25, 0.3) is 5.92 Å². The Morgan fingerprint density at radius 3 is 2.93 bits per heavy atom. The topological polar surface area (TPSA) is 12.0 Å². The summed E-state index contributed by atoms with van der Waals surface area (Å²) >= 11 is 1.15. The smallest absolute Gasteiger partial charge is 0.286 e. The second kappa shape index (κ2) is 3.95. The normalized spacial score (nSPS) is 23.7. The molecule has 1 N–H and O–H groups in total. The fourth-order valence-electron chi connectivity index (χ4n) is 1.83. The molecule has 0 radical (unpaired) electrons. The molecule has 0 amide bonds. The summed E-state index contributed by atoms with van der Waals surface area (Å²) in [4.78, 5) is 0.200. The Hall–Kier alpha value is -0.480. The molecule has 0 saturated carbocycles. The molecule has 1 aromatic heterocycles. The van der Waals surface area contributed by atoms with E-state index in [2.05, 4.69) is 5.32 Å². The lowest BCUT2D eigenvalue weighted by Gasteiger charge is -2.29. The van der Waals surface area contributed by atoms with Crippen LogP contribution in [-0.4, -0.2) is 13.1 Å². The van der Waals surface area contributed by atoms with E-state index in [0.29, 0.717) is 13.0 Å². The van der Waals surface area contributed by atoms with Crippen molar-refractivity contribution in [2.24, 2.45) is 5.92 Å².